The van der Waals surface area contributed by atoms with E-state index in [2.05, 4.69) is 5.32 Å². The third-order valence-electron chi connectivity index (χ3n) is 8.07. The maximum atomic E-state index is 14.1. The Kier molecular flexibility index (Phi) is 8.32. The molecule has 2 aliphatic rings. The molecule has 2 fully saturated rings. The number of hydrogen-bond acceptors (Lipinski definition) is 5. The minimum absolute atomic E-state index is 0.117. The zero-order chi connectivity index (χ0) is 26.5. The Morgan fingerprint density at radius 1 is 0.946 bits per heavy atom. The van der Waals surface area contributed by atoms with Crippen molar-refractivity contribution in [3.8, 4) is 0 Å². The van der Waals surface area contributed by atoms with Crippen molar-refractivity contribution in [2.24, 2.45) is 0 Å². The van der Waals surface area contributed by atoms with E-state index in [1.165, 1.54) is 0 Å². The molecule has 1 heterocycles. The molecular weight excluding hydrogens is 468 g/mol. The van der Waals surface area contributed by atoms with Crippen molar-refractivity contribution in [2.45, 2.75) is 71.4 Å². The van der Waals surface area contributed by atoms with Crippen molar-refractivity contribution in [3.63, 3.8) is 0 Å². The van der Waals surface area contributed by atoms with Crippen molar-refractivity contribution < 1.29 is 28.3 Å². The Hall–Kier alpha value is -3.19. The van der Waals surface area contributed by atoms with Gasteiger partial charge in [-0.25, -0.2) is 9.59 Å². The summed E-state index contributed by atoms with van der Waals surface area (Å²) in [5.74, 6) is -0.837. The highest BCUT2D eigenvalue weighted by atomic mass is 16.5. The van der Waals surface area contributed by atoms with Crippen LogP contribution in [-0.2, 0) is 25.7 Å². The molecule has 0 bridgehead atoms. The highest BCUT2D eigenvalue weighted by molar-refractivity contribution is 6.05. The van der Waals surface area contributed by atoms with Crippen LogP contribution < -0.4 is 5.32 Å². The molecule has 0 atom stereocenters. The van der Waals surface area contributed by atoms with Crippen molar-refractivity contribution in [3.05, 3.63) is 64.7 Å². The summed E-state index contributed by atoms with van der Waals surface area (Å²) in [6.45, 7) is 7.78. The van der Waals surface area contributed by atoms with Gasteiger partial charge in [-0.3, -0.25) is 4.79 Å². The highest BCUT2D eigenvalue weighted by Gasteiger charge is 2.61. The second-order valence-electron chi connectivity index (χ2n) is 10.5. The van der Waals surface area contributed by atoms with Crippen molar-refractivity contribution in [1.29, 1.82) is 0 Å². The minimum Gasteiger partial charge on any atom is -0.462 e. The van der Waals surface area contributed by atoms with Gasteiger partial charge in [0.15, 0.2) is 12.1 Å². The van der Waals surface area contributed by atoms with Crippen molar-refractivity contribution in [2.75, 3.05) is 31.6 Å². The van der Waals surface area contributed by atoms with E-state index in [4.69, 9.17) is 9.47 Å². The van der Waals surface area contributed by atoms with Crippen LogP contribution in [0.15, 0.2) is 42.5 Å². The van der Waals surface area contributed by atoms with Crippen LogP contribution in [0.4, 0.5) is 5.69 Å². The maximum Gasteiger partial charge on any atom is 0.362 e. The molecule has 7 heteroatoms. The fourth-order valence-corrected chi connectivity index (χ4v) is 6.05. The van der Waals surface area contributed by atoms with Crippen LogP contribution in [0.25, 0.3) is 0 Å². The first kappa shape index (κ1) is 26.9. The number of amides is 1. The summed E-state index contributed by atoms with van der Waals surface area (Å²) in [7, 11) is 0. The molecular formula is C30H39N2O5+. The lowest BCUT2D eigenvalue weighted by atomic mass is 9.71. The van der Waals surface area contributed by atoms with E-state index < -0.39 is 11.5 Å². The first-order valence-corrected chi connectivity index (χ1v) is 13.5. The summed E-state index contributed by atoms with van der Waals surface area (Å²) in [5, 5.41) is 3.13. The highest BCUT2D eigenvalue weighted by Crippen LogP contribution is 2.46. The first-order valence-electron chi connectivity index (χ1n) is 13.5. The monoisotopic (exact) mass is 507 g/mol. The molecule has 1 aliphatic heterocycles. The molecule has 1 amide bonds. The van der Waals surface area contributed by atoms with Gasteiger partial charge in [0.25, 0.3) is 5.91 Å². The lowest BCUT2D eigenvalue weighted by Gasteiger charge is -2.57. The van der Waals surface area contributed by atoms with E-state index in [-0.39, 0.29) is 31.6 Å². The van der Waals surface area contributed by atoms with E-state index in [0.717, 1.165) is 55.5 Å². The molecule has 0 unspecified atom stereocenters. The van der Waals surface area contributed by atoms with Crippen LogP contribution in [-0.4, -0.2) is 54.1 Å². The molecule has 1 N–H and O–H groups in total. The summed E-state index contributed by atoms with van der Waals surface area (Å²) in [6.07, 6.45) is 5.40. The van der Waals surface area contributed by atoms with Gasteiger partial charge in [-0.15, -0.1) is 0 Å². The number of nitrogens with one attached hydrogen (secondary N) is 1. The van der Waals surface area contributed by atoms with E-state index >= 15 is 0 Å². The van der Waals surface area contributed by atoms with Crippen LogP contribution >= 0.6 is 0 Å². The third-order valence-corrected chi connectivity index (χ3v) is 8.07. The molecule has 1 aliphatic carbocycles. The number of anilines is 1. The Labute approximate surface area is 219 Å². The van der Waals surface area contributed by atoms with Gasteiger partial charge in [-0.1, -0.05) is 36.4 Å². The number of likely N-dealkylation sites (tertiary alicyclic amines) is 1. The zero-order valence-electron chi connectivity index (χ0n) is 22.3. The summed E-state index contributed by atoms with van der Waals surface area (Å²) in [4.78, 5) is 40.0. The second kappa shape index (κ2) is 11.5. The zero-order valence-corrected chi connectivity index (χ0v) is 22.3. The number of aryl methyl sites for hydroxylation is 2. The number of piperidine rings is 1. The number of carbonyl (C=O) groups is 3. The van der Waals surface area contributed by atoms with E-state index in [0.29, 0.717) is 28.6 Å². The van der Waals surface area contributed by atoms with Crippen molar-refractivity contribution >= 4 is 23.5 Å². The quantitative estimate of drug-likeness (QED) is 0.378. The van der Waals surface area contributed by atoms with Gasteiger partial charge in [0.2, 0.25) is 0 Å². The summed E-state index contributed by atoms with van der Waals surface area (Å²) >= 11 is 0. The number of carbonyl (C=O) groups excluding carboxylic acids is 3. The predicted molar refractivity (Wildman–Crippen MR) is 142 cm³/mol. The van der Waals surface area contributed by atoms with E-state index in [1.807, 2.05) is 50.2 Å². The average Bonchev–Trinajstić information content (AvgIpc) is 2.85. The van der Waals surface area contributed by atoms with Gasteiger partial charge >= 0.3 is 11.9 Å². The van der Waals surface area contributed by atoms with Crippen LogP contribution in [0.1, 0.15) is 72.5 Å². The van der Waals surface area contributed by atoms with Gasteiger partial charge in [0.1, 0.15) is 6.61 Å². The number of rotatable bonds is 9. The van der Waals surface area contributed by atoms with E-state index in [9.17, 15) is 14.4 Å². The fraction of sp³-hybridized carbons (Fsp3) is 0.500. The molecule has 0 spiro atoms. The minimum atomic E-state index is -0.713. The van der Waals surface area contributed by atoms with Gasteiger partial charge in [-0.2, -0.15) is 0 Å². The number of nitrogens with zero attached hydrogens (tertiary/aromatic N) is 1. The fourth-order valence-electron chi connectivity index (χ4n) is 6.05. The largest absolute Gasteiger partial charge is 0.462 e. The molecule has 1 saturated heterocycles. The van der Waals surface area contributed by atoms with Crippen LogP contribution in [0.5, 0.6) is 0 Å². The topological polar surface area (TPSA) is 81.7 Å². The van der Waals surface area contributed by atoms with Crippen LogP contribution in [0.2, 0.25) is 0 Å². The third kappa shape index (κ3) is 5.57. The SMILES string of the molecule is CCOC(=O)c1cc(C)cc(C)c1NC(=O)C1([N+]2(CC(=O)OCc3ccccc3)CCCCC2)CCC1. The Bertz CT molecular complexity index is 1130. The Morgan fingerprint density at radius 3 is 2.27 bits per heavy atom. The Balaban J connectivity index is 1.59. The molecule has 7 nitrogen and oxygen atoms in total. The first-order chi connectivity index (χ1) is 17.8. The predicted octanol–water partition coefficient (Wildman–Crippen LogP) is 5.09. The Morgan fingerprint density at radius 2 is 1.65 bits per heavy atom. The lowest BCUT2D eigenvalue weighted by Crippen LogP contribution is -2.74. The number of quaternary nitrogens is 1. The number of ether oxygens (including phenoxy) is 2. The van der Waals surface area contributed by atoms with Crippen LogP contribution in [0, 0.1) is 13.8 Å². The van der Waals surface area contributed by atoms with Gasteiger partial charge in [0.05, 0.1) is 30.9 Å². The molecule has 1 saturated carbocycles. The molecule has 37 heavy (non-hydrogen) atoms. The standard InChI is InChI=1S/C30H38N2O5/c1-4-36-28(34)25-19-22(2)18-23(3)27(25)31-29(35)30(14-11-15-30)32(16-9-6-10-17-32)20-26(33)37-21-24-12-7-5-8-13-24/h5,7-8,12-13,18-19H,4,6,9-11,14-17,20-21H2,1-3H3/p+1. The number of hydrogen-bond donors (Lipinski definition) is 1. The summed E-state index contributed by atoms with van der Waals surface area (Å²) < 4.78 is 11.4. The lowest BCUT2D eigenvalue weighted by molar-refractivity contribution is -0.970. The van der Waals surface area contributed by atoms with Crippen molar-refractivity contribution in [1.82, 2.24) is 0 Å². The molecule has 198 valence electrons. The number of benzene rings is 2. The molecule has 2 aromatic carbocycles. The number of esters is 2. The summed E-state index contributed by atoms with van der Waals surface area (Å²) in [6, 6.07) is 13.4. The van der Waals surface area contributed by atoms with Crippen LogP contribution in [0.3, 0.4) is 0 Å². The smallest absolute Gasteiger partial charge is 0.362 e. The second-order valence-corrected chi connectivity index (χ2v) is 10.5. The van der Waals surface area contributed by atoms with Gasteiger partial charge in [-0.05, 0) is 69.2 Å². The molecule has 2 aromatic rings. The van der Waals surface area contributed by atoms with E-state index in [1.54, 1.807) is 13.0 Å². The maximum absolute atomic E-state index is 14.1. The van der Waals surface area contributed by atoms with Gasteiger partial charge in [0, 0.05) is 12.8 Å². The normalized spacial score (nSPS) is 17.8. The summed E-state index contributed by atoms with van der Waals surface area (Å²) in [5.41, 5.74) is 2.85. The molecule has 0 aromatic heterocycles. The van der Waals surface area contributed by atoms with Gasteiger partial charge < -0.3 is 19.3 Å². The average molecular weight is 508 g/mol. The molecule has 0 radical (unpaired) electrons. The molecule has 4 rings (SSSR count).